The summed E-state index contributed by atoms with van der Waals surface area (Å²) >= 11 is 0. The molecule has 2 aliphatic rings. The number of amides is 2. The van der Waals surface area contributed by atoms with Crippen LogP contribution >= 0.6 is 0 Å². The summed E-state index contributed by atoms with van der Waals surface area (Å²) in [4.78, 5) is 26.2. The molecule has 2 amide bonds. The zero-order valence-corrected chi connectivity index (χ0v) is 12.6. The van der Waals surface area contributed by atoms with E-state index in [0.717, 1.165) is 37.1 Å². The molecule has 1 aromatic heterocycles. The summed E-state index contributed by atoms with van der Waals surface area (Å²) in [7, 11) is 0. The Morgan fingerprint density at radius 1 is 1.19 bits per heavy atom. The molecule has 0 atom stereocenters. The predicted octanol–water partition coefficient (Wildman–Crippen LogP) is 1.16. The van der Waals surface area contributed by atoms with Crippen molar-refractivity contribution in [3.05, 3.63) is 17.0 Å². The maximum atomic E-state index is 12.5. The molecule has 6 heteroatoms. The number of likely N-dealkylation sites (tertiary alicyclic amines) is 1. The molecular weight excluding hydrogens is 268 g/mol. The van der Waals surface area contributed by atoms with Crippen LogP contribution in [-0.2, 0) is 4.79 Å². The van der Waals surface area contributed by atoms with E-state index in [1.54, 1.807) is 0 Å². The lowest BCUT2D eigenvalue weighted by Gasteiger charge is -2.32. The molecule has 114 valence electrons. The number of aromatic amines is 1. The van der Waals surface area contributed by atoms with E-state index in [-0.39, 0.29) is 23.8 Å². The van der Waals surface area contributed by atoms with Crippen LogP contribution in [0.2, 0.25) is 0 Å². The minimum absolute atomic E-state index is 0.0470. The van der Waals surface area contributed by atoms with Crippen molar-refractivity contribution in [3.63, 3.8) is 0 Å². The van der Waals surface area contributed by atoms with Gasteiger partial charge in [-0.3, -0.25) is 14.7 Å². The second-order valence-corrected chi connectivity index (χ2v) is 6.16. The number of nitrogens with zero attached hydrogens (tertiary/aromatic N) is 2. The molecule has 1 aliphatic heterocycles. The summed E-state index contributed by atoms with van der Waals surface area (Å²) in [6.07, 6.45) is 3.73. The fourth-order valence-electron chi connectivity index (χ4n) is 2.92. The minimum atomic E-state index is 0.0470. The molecular formula is C15H22N4O2. The Kier molecular flexibility index (Phi) is 3.69. The van der Waals surface area contributed by atoms with Crippen LogP contribution in [0.4, 0.5) is 0 Å². The summed E-state index contributed by atoms with van der Waals surface area (Å²) in [6, 6.07) is 0.216. The van der Waals surface area contributed by atoms with Gasteiger partial charge < -0.3 is 10.2 Å². The fraction of sp³-hybridized carbons (Fsp3) is 0.667. The van der Waals surface area contributed by atoms with Crippen LogP contribution in [0.1, 0.15) is 47.4 Å². The average molecular weight is 290 g/mol. The average Bonchev–Trinajstić information content (AvgIpc) is 3.26. The number of H-pyrrole nitrogens is 1. The molecule has 0 aromatic carbocycles. The SMILES string of the molecule is Cc1n[nH]c(C)c1C(=O)N1CCC(NC(=O)C2CC2)CC1. The molecule has 1 saturated carbocycles. The van der Waals surface area contributed by atoms with Gasteiger partial charge in [0.1, 0.15) is 0 Å². The smallest absolute Gasteiger partial charge is 0.257 e. The van der Waals surface area contributed by atoms with Crippen molar-refractivity contribution in [2.24, 2.45) is 5.92 Å². The Bertz CT molecular complexity index is 535. The third kappa shape index (κ3) is 2.94. The molecule has 3 rings (SSSR count). The molecule has 0 spiro atoms. The lowest BCUT2D eigenvalue weighted by atomic mass is 10.0. The minimum Gasteiger partial charge on any atom is -0.353 e. The molecule has 1 saturated heterocycles. The van der Waals surface area contributed by atoms with Crippen LogP contribution in [0, 0.1) is 19.8 Å². The zero-order chi connectivity index (χ0) is 15.0. The van der Waals surface area contributed by atoms with Crippen molar-refractivity contribution < 1.29 is 9.59 Å². The summed E-state index contributed by atoms with van der Waals surface area (Å²) in [5, 5.41) is 10.0. The highest BCUT2D eigenvalue weighted by Crippen LogP contribution is 2.29. The largest absolute Gasteiger partial charge is 0.353 e. The van der Waals surface area contributed by atoms with Gasteiger partial charge in [0.05, 0.1) is 11.3 Å². The van der Waals surface area contributed by atoms with Gasteiger partial charge in [-0.25, -0.2) is 0 Å². The van der Waals surface area contributed by atoms with Gasteiger partial charge in [0.2, 0.25) is 5.91 Å². The van der Waals surface area contributed by atoms with E-state index in [9.17, 15) is 9.59 Å². The number of rotatable bonds is 3. The van der Waals surface area contributed by atoms with E-state index >= 15 is 0 Å². The molecule has 1 aromatic rings. The van der Waals surface area contributed by atoms with E-state index in [0.29, 0.717) is 18.7 Å². The van der Waals surface area contributed by atoms with E-state index in [2.05, 4.69) is 15.5 Å². The van der Waals surface area contributed by atoms with Crippen LogP contribution in [0.5, 0.6) is 0 Å². The number of aryl methyl sites for hydroxylation is 2. The summed E-state index contributed by atoms with van der Waals surface area (Å²) in [5.74, 6) is 0.493. The molecule has 0 radical (unpaired) electrons. The first kappa shape index (κ1) is 14.1. The normalized spacial score (nSPS) is 19.6. The summed E-state index contributed by atoms with van der Waals surface area (Å²) in [5.41, 5.74) is 2.26. The molecule has 21 heavy (non-hydrogen) atoms. The highest BCUT2D eigenvalue weighted by atomic mass is 16.2. The summed E-state index contributed by atoms with van der Waals surface area (Å²) in [6.45, 7) is 5.10. The van der Waals surface area contributed by atoms with Crippen LogP contribution in [-0.4, -0.2) is 46.0 Å². The molecule has 0 unspecified atom stereocenters. The monoisotopic (exact) mass is 290 g/mol. The predicted molar refractivity (Wildman–Crippen MR) is 77.9 cm³/mol. The number of piperidine rings is 1. The van der Waals surface area contributed by atoms with Crippen LogP contribution in [0.25, 0.3) is 0 Å². The first-order valence-electron chi connectivity index (χ1n) is 7.67. The Morgan fingerprint density at radius 3 is 2.38 bits per heavy atom. The fourth-order valence-corrected chi connectivity index (χ4v) is 2.92. The molecule has 2 fully saturated rings. The van der Waals surface area contributed by atoms with Crippen molar-refractivity contribution in [1.82, 2.24) is 20.4 Å². The highest BCUT2D eigenvalue weighted by Gasteiger charge is 2.32. The van der Waals surface area contributed by atoms with Crippen LogP contribution in [0.3, 0.4) is 0 Å². The maximum absolute atomic E-state index is 12.5. The highest BCUT2D eigenvalue weighted by molar-refractivity contribution is 5.96. The number of aromatic nitrogens is 2. The lowest BCUT2D eigenvalue weighted by molar-refractivity contribution is -0.123. The molecule has 6 nitrogen and oxygen atoms in total. The number of nitrogens with one attached hydrogen (secondary N) is 2. The Labute approximate surface area is 124 Å². The number of hydrogen-bond acceptors (Lipinski definition) is 3. The molecule has 2 heterocycles. The van der Waals surface area contributed by atoms with Gasteiger partial charge in [-0.05, 0) is 39.5 Å². The maximum Gasteiger partial charge on any atom is 0.257 e. The van der Waals surface area contributed by atoms with Crippen molar-refractivity contribution >= 4 is 11.8 Å². The van der Waals surface area contributed by atoms with Crippen molar-refractivity contribution in [3.8, 4) is 0 Å². The van der Waals surface area contributed by atoms with E-state index in [4.69, 9.17) is 0 Å². The molecule has 2 N–H and O–H groups in total. The van der Waals surface area contributed by atoms with Gasteiger partial charge in [0.15, 0.2) is 0 Å². The first-order valence-corrected chi connectivity index (χ1v) is 7.67. The third-order valence-corrected chi connectivity index (χ3v) is 4.42. The Morgan fingerprint density at radius 2 is 1.86 bits per heavy atom. The number of hydrogen-bond donors (Lipinski definition) is 2. The van der Waals surface area contributed by atoms with Crippen molar-refractivity contribution in [1.29, 1.82) is 0 Å². The van der Waals surface area contributed by atoms with E-state index < -0.39 is 0 Å². The molecule has 0 bridgehead atoms. The first-order chi connectivity index (χ1) is 10.1. The van der Waals surface area contributed by atoms with Crippen molar-refractivity contribution in [2.75, 3.05) is 13.1 Å². The number of carbonyl (C=O) groups is 2. The van der Waals surface area contributed by atoms with Gasteiger partial charge in [-0.2, -0.15) is 5.10 Å². The van der Waals surface area contributed by atoms with Gasteiger partial charge >= 0.3 is 0 Å². The summed E-state index contributed by atoms with van der Waals surface area (Å²) < 4.78 is 0. The van der Waals surface area contributed by atoms with Gasteiger partial charge in [-0.15, -0.1) is 0 Å². The second-order valence-electron chi connectivity index (χ2n) is 6.16. The van der Waals surface area contributed by atoms with Gasteiger partial charge in [-0.1, -0.05) is 0 Å². The van der Waals surface area contributed by atoms with E-state index in [1.807, 2.05) is 18.7 Å². The van der Waals surface area contributed by atoms with Crippen molar-refractivity contribution in [2.45, 2.75) is 45.6 Å². The number of carbonyl (C=O) groups excluding carboxylic acids is 2. The Balaban J connectivity index is 1.55. The third-order valence-electron chi connectivity index (χ3n) is 4.42. The van der Waals surface area contributed by atoms with Crippen LogP contribution in [0.15, 0.2) is 0 Å². The topological polar surface area (TPSA) is 78.1 Å². The Hall–Kier alpha value is -1.85. The van der Waals surface area contributed by atoms with Crippen LogP contribution < -0.4 is 5.32 Å². The molecule has 1 aliphatic carbocycles. The van der Waals surface area contributed by atoms with E-state index in [1.165, 1.54) is 0 Å². The standard InChI is InChI=1S/C15H22N4O2/c1-9-13(10(2)18-17-9)15(21)19-7-5-12(6-8-19)16-14(20)11-3-4-11/h11-12H,3-8H2,1-2H3,(H,16,20)(H,17,18). The van der Waals surface area contributed by atoms with Gasteiger partial charge in [0, 0.05) is 30.7 Å². The van der Waals surface area contributed by atoms with Gasteiger partial charge in [0.25, 0.3) is 5.91 Å². The second kappa shape index (κ2) is 5.50. The quantitative estimate of drug-likeness (QED) is 0.877. The zero-order valence-electron chi connectivity index (χ0n) is 12.6. The lowest BCUT2D eigenvalue weighted by Crippen LogP contribution is -2.47.